The van der Waals surface area contributed by atoms with Gasteiger partial charge in [0.15, 0.2) is 6.29 Å². The molecule has 0 N–H and O–H groups in total. The Labute approximate surface area is 155 Å². The molecular weight excluding hydrogens is 358 g/mol. The highest BCUT2D eigenvalue weighted by Gasteiger charge is 2.23. The van der Waals surface area contributed by atoms with E-state index in [1.54, 1.807) is 12.1 Å². The van der Waals surface area contributed by atoms with E-state index in [2.05, 4.69) is 4.74 Å². The molecule has 1 aromatic carbocycles. The lowest BCUT2D eigenvalue weighted by Crippen LogP contribution is -2.31. The third-order valence-corrected chi connectivity index (χ3v) is 5.29. The van der Waals surface area contributed by atoms with Gasteiger partial charge in [-0.3, -0.25) is 4.31 Å². The van der Waals surface area contributed by atoms with Crippen LogP contribution in [-0.4, -0.2) is 51.9 Å². The first-order chi connectivity index (χ1) is 12.3. The quantitative estimate of drug-likeness (QED) is 0.331. The van der Waals surface area contributed by atoms with Crippen molar-refractivity contribution < 1.29 is 27.4 Å². The molecule has 0 spiro atoms. The van der Waals surface area contributed by atoms with Crippen molar-refractivity contribution in [3.8, 4) is 0 Å². The van der Waals surface area contributed by atoms with Gasteiger partial charge in [-0.2, -0.15) is 0 Å². The number of rotatable bonds is 11. The molecule has 0 saturated heterocycles. The van der Waals surface area contributed by atoms with Crippen molar-refractivity contribution in [2.45, 2.75) is 38.4 Å². The summed E-state index contributed by atoms with van der Waals surface area (Å²) in [6.07, 6.45) is 2.07. The molecule has 0 aliphatic heterocycles. The first-order valence-electron chi connectivity index (χ1n) is 8.43. The number of aryl methyl sites for hydroxylation is 1. The molecule has 0 atom stereocenters. The number of methoxy groups -OCH3 is 1. The molecule has 26 heavy (non-hydrogen) atoms. The van der Waals surface area contributed by atoms with Crippen molar-refractivity contribution in [2.24, 2.45) is 0 Å². The van der Waals surface area contributed by atoms with E-state index in [9.17, 15) is 13.2 Å². The summed E-state index contributed by atoms with van der Waals surface area (Å²) in [5, 5.41) is 0. The van der Waals surface area contributed by atoms with Crippen LogP contribution >= 0.6 is 0 Å². The van der Waals surface area contributed by atoms with E-state index < -0.39 is 22.3 Å². The Hall–Kier alpha value is -1.90. The minimum absolute atomic E-state index is 0.0916. The Kier molecular flexibility index (Phi) is 9.32. The maximum Gasteiger partial charge on any atom is 0.331 e. The van der Waals surface area contributed by atoms with Gasteiger partial charge in [0, 0.05) is 38.5 Å². The molecular formula is C18H27NO6S. The molecule has 0 amide bonds. The number of ether oxygens (including phenoxy) is 3. The molecule has 0 aliphatic carbocycles. The van der Waals surface area contributed by atoms with Crippen molar-refractivity contribution in [2.75, 3.05) is 26.9 Å². The normalized spacial score (nSPS) is 11.9. The fourth-order valence-corrected chi connectivity index (χ4v) is 3.47. The second kappa shape index (κ2) is 10.9. The molecule has 0 heterocycles. The van der Waals surface area contributed by atoms with Gasteiger partial charge in [0.2, 0.25) is 0 Å². The van der Waals surface area contributed by atoms with Crippen molar-refractivity contribution >= 4 is 16.0 Å². The van der Waals surface area contributed by atoms with E-state index in [1.165, 1.54) is 25.4 Å². The maximum atomic E-state index is 12.9. The second-order valence-electron chi connectivity index (χ2n) is 5.40. The number of sulfonamides is 1. The summed E-state index contributed by atoms with van der Waals surface area (Å²) in [5.74, 6) is -0.639. The zero-order valence-corrected chi connectivity index (χ0v) is 16.5. The third-order valence-electron chi connectivity index (χ3n) is 3.50. The Morgan fingerprint density at radius 2 is 1.73 bits per heavy atom. The maximum absolute atomic E-state index is 12.9. The van der Waals surface area contributed by atoms with Crippen molar-refractivity contribution in [3.05, 3.63) is 42.1 Å². The van der Waals surface area contributed by atoms with E-state index in [0.29, 0.717) is 19.6 Å². The van der Waals surface area contributed by atoms with Crippen molar-refractivity contribution in [1.82, 2.24) is 4.31 Å². The van der Waals surface area contributed by atoms with Gasteiger partial charge in [-0.05, 0) is 32.9 Å². The zero-order valence-electron chi connectivity index (χ0n) is 15.7. The molecule has 1 aromatic rings. The standard InChI is InChI=1S/C18H27NO6S/c1-5-24-18(25-6-2)12-14-19(13-11-17(20)23-4)26(21,22)16-9-7-15(3)8-10-16/h7-11,13,18H,5-6,12,14H2,1-4H3/b13-11+. The SMILES string of the molecule is CCOC(CCN(/C=C/C(=O)OC)S(=O)(=O)c1ccc(C)cc1)OCC. The van der Waals surface area contributed by atoms with Crippen molar-refractivity contribution in [1.29, 1.82) is 0 Å². The van der Waals surface area contributed by atoms with Crippen LogP contribution in [0.25, 0.3) is 0 Å². The van der Waals surface area contributed by atoms with Gasteiger partial charge in [0.25, 0.3) is 10.0 Å². The summed E-state index contributed by atoms with van der Waals surface area (Å²) in [4.78, 5) is 11.5. The van der Waals surface area contributed by atoms with Crippen LogP contribution < -0.4 is 0 Å². The molecule has 146 valence electrons. The van der Waals surface area contributed by atoms with Crippen LogP contribution in [0.3, 0.4) is 0 Å². The Balaban J connectivity index is 3.05. The smallest absolute Gasteiger partial charge is 0.331 e. The summed E-state index contributed by atoms with van der Waals surface area (Å²) in [6.45, 7) is 6.54. The number of nitrogens with zero attached hydrogens (tertiary/aromatic N) is 1. The molecule has 0 aromatic heterocycles. The summed E-state index contributed by atoms with van der Waals surface area (Å²) in [6, 6.07) is 6.51. The van der Waals surface area contributed by atoms with Crippen LogP contribution in [0.2, 0.25) is 0 Å². The molecule has 0 aliphatic rings. The zero-order chi connectivity index (χ0) is 19.6. The Morgan fingerprint density at radius 3 is 2.23 bits per heavy atom. The number of hydrogen-bond acceptors (Lipinski definition) is 6. The predicted octanol–water partition coefficient (Wildman–Crippen LogP) is 2.46. The molecule has 0 saturated carbocycles. The van der Waals surface area contributed by atoms with Crippen LogP contribution in [-0.2, 0) is 29.0 Å². The fourth-order valence-electron chi connectivity index (χ4n) is 2.15. The Morgan fingerprint density at radius 1 is 1.15 bits per heavy atom. The van der Waals surface area contributed by atoms with Gasteiger partial charge in [-0.1, -0.05) is 17.7 Å². The van der Waals surface area contributed by atoms with Crippen LogP contribution in [0.15, 0.2) is 41.4 Å². The first-order valence-corrected chi connectivity index (χ1v) is 9.87. The van der Waals surface area contributed by atoms with E-state index >= 15 is 0 Å². The summed E-state index contributed by atoms with van der Waals surface area (Å²) in [5.41, 5.74) is 0.952. The highest BCUT2D eigenvalue weighted by Crippen LogP contribution is 2.18. The molecule has 1 rings (SSSR count). The predicted molar refractivity (Wildman–Crippen MR) is 97.9 cm³/mol. The van der Waals surface area contributed by atoms with Crippen molar-refractivity contribution in [3.63, 3.8) is 0 Å². The van der Waals surface area contributed by atoms with Gasteiger partial charge in [0.05, 0.1) is 12.0 Å². The number of hydrogen-bond donors (Lipinski definition) is 0. The average molecular weight is 385 g/mol. The largest absolute Gasteiger partial charge is 0.466 e. The second-order valence-corrected chi connectivity index (χ2v) is 7.29. The molecule has 0 fully saturated rings. The monoisotopic (exact) mass is 385 g/mol. The van der Waals surface area contributed by atoms with Crippen LogP contribution in [0.1, 0.15) is 25.8 Å². The minimum atomic E-state index is -3.82. The average Bonchev–Trinajstić information content (AvgIpc) is 2.61. The highest BCUT2D eigenvalue weighted by molar-refractivity contribution is 7.89. The number of carbonyl (C=O) groups is 1. The van der Waals surface area contributed by atoms with Gasteiger partial charge < -0.3 is 14.2 Å². The molecule has 0 unspecified atom stereocenters. The van der Waals surface area contributed by atoms with Gasteiger partial charge in [0.1, 0.15) is 0 Å². The number of benzene rings is 1. The molecule has 0 radical (unpaired) electrons. The van der Waals surface area contributed by atoms with E-state index in [1.807, 2.05) is 20.8 Å². The summed E-state index contributed by atoms with van der Waals surface area (Å²) in [7, 11) is -2.59. The lowest BCUT2D eigenvalue weighted by molar-refractivity contribution is -0.139. The summed E-state index contributed by atoms with van der Waals surface area (Å²) >= 11 is 0. The minimum Gasteiger partial charge on any atom is -0.466 e. The number of carbonyl (C=O) groups excluding carboxylic acids is 1. The Bertz CT molecular complexity index is 678. The third kappa shape index (κ3) is 6.78. The number of esters is 1. The lowest BCUT2D eigenvalue weighted by Gasteiger charge is -2.23. The fraction of sp³-hybridized carbons (Fsp3) is 0.500. The van der Waals surface area contributed by atoms with Crippen LogP contribution in [0.5, 0.6) is 0 Å². The van der Waals surface area contributed by atoms with Gasteiger partial charge >= 0.3 is 5.97 Å². The summed E-state index contributed by atoms with van der Waals surface area (Å²) < 4.78 is 42.4. The van der Waals surface area contributed by atoms with Gasteiger partial charge in [-0.25, -0.2) is 13.2 Å². The molecule has 7 nitrogen and oxygen atoms in total. The highest BCUT2D eigenvalue weighted by atomic mass is 32.2. The molecule has 0 bridgehead atoms. The molecule has 8 heteroatoms. The van der Waals surface area contributed by atoms with E-state index in [0.717, 1.165) is 15.9 Å². The van der Waals surface area contributed by atoms with E-state index in [-0.39, 0.29) is 11.4 Å². The topological polar surface area (TPSA) is 82.1 Å². The van der Waals surface area contributed by atoms with Crippen LogP contribution in [0.4, 0.5) is 0 Å². The van der Waals surface area contributed by atoms with Gasteiger partial charge in [-0.15, -0.1) is 0 Å². The lowest BCUT2D eigenvalue weighted by atomic mass is 10.2. The van der Waals surface area contributed by atoms with Crippen LogP contribution in [0, 0.1) is 6.92 Å². The van der Waals surface area contributed by atoms with E-state index in [4.69, 9.17) is 9.47 Å². The first kappa shape index (κ1) is 22.1.